The fourth-order valence-corrected chi connectivity index (χ4v) is 6.47. The Balaban J connectivity index is 1.62. The molecule has 8 nitrogen and oxygen atoms in total. The van der Waals surface area contributed by atoms with Crippen molar-refractivity contribution >= 4 is 23.2 Å². The van der Waals surface area contributed by atoms with E-state index >= 15 is 0 Å². The molecule has 1 aliphatic carbocycles. The van der Waals surface area contributed by atoms with Gasteiger partial charge in [0.05, 0.1) is 35.0 Å². The molecule has 1 heterocycles. The molecule has 0 spiro atoms. The normalized spacial score (nSPS) is 13.4. The highest BCUT2D eigenvalue weighted by Gasteiger charge is 2.33. The number of methoxy groups -OCH3 is 4. The van der Waals surface area contributed by atoms with Gasteiger partial charge in [0.15, 0.2) is 11.5 Å². The molecule has 3 aromatic rings. The predicted octanol–water partition coefficient (Wildman–Crippen LogP) is 6.14. The fraction of sp³-hybridized carbons (Fsp3) is 0.455. The van der Waals surface area contributed by atoms with Crippen LogP contribution in [-0.2, 0) is 17.8 Å². The second-order valence-corrected chi connectivity index (χ2v) is 11.9. The molecular weight excluding hydrogens is 552 g/mol. The topological polar surface area (TPSA) is 77.5 Å². The quantitative estimate of drug-likeness (QED) is 0.237. The van der Waals surface area contributed by atoms with E-state index in [-0.39, 0.29) is 24.4 Å². The summed E-state index contributed by atoms with van der Waals surface area (Å²) in [5, 5.41) is 0. The SMILES string of the molecule is COc1ccc(CCN(Cc2ccc(C)s2)C(=O)CN(C(=O)c2c(OC)cccc2OC)C2CCCCC2)cc1OC. The Morgan fingerprint density at radius 1 is 0.833 bits per heavy atom. The van der Waals surface area contributed by atoms with Crippen molar-refractivity contribution in [1.82, 2.24) is 9.80 Å². The van der Waals surface area contributed by atoms with Crippen LogP contribution in [0.5, 0.6) is 23.0 Å². The van der Waals surface area contributed by atoms with Crippen LogP contribution in [0.4, 0.5) is 0 Å². The van der Waals surface area contributed by atoms with Crippen molar-refractivity contribution in [3.8, 4) is 23.0 Å². The van der Waals surface area contributed by atoms with Crippen molar-refractivity contribution in [2.24, 2.45) is 0 Å². The first kappa shape index (κ1) is 31.2. The maximum absolute atomic E-state index is 14.2. The lowest BCUT2D eigenvalue weighted by molar-refractivity contribution is -0.133. The van der Waals surface area contributed by atoms with Gasteiger partial charge < -0.3 is 28.7 Å². The van der Waals surface area contributed by atoms with Crippen LogP contribution in [0.2, 0.25) is 0 Å². The molecule has 0 unspecified atom stereocenters. The third-order valence-corrected chi connectivity index (χ3v) is 8.82. The lowest BCUT2D eigenvalue weighted by atomic mass is 9.93. The van der Waals surface area contributed by atoms with Crippen molar-refractivity contribution in [3.63, 3.8) is 0 Å². The predicted molar refractivity (Wildman–Crippen MR) is 165 cm³/mol. The summed E-state index contributed by atoms with van der Waals surface area (Å²) >= 11 is 1.68. The van der Waals surface area contributed by atoms with Crippen LogP contribution in [0.3, 0.4) is 0 Å². The molecule has 4 rings (SSSR count). The molecule has 2 aromatic carbocycles. The zero-order valence-electron chi connectivity index (χ0n) is 25.3. The highest BCUT2D eigenvalue weighted by Crippen LogP contribution is 2.33. The van der Waals surface area contributed by atoms with Crippen LogP contribution in [0.25, 0.3) is 0 Å². The Morgan fingerprint density at radius 2 is 1.50 bits per heavy atom. The molecule has 1 aromatic heterocycles. The van der Waals surface area contributed by atoms with E-state index in [1.165, 1.54) is 4.88 Å². The number of nitrogens with zero attached hydrogens (tertiary/aromatic N) is 2. The Kier molecular flexibility index (Phi) is 11.1. The molecule has 0 saturated heterocycles. The maximum Gasteiger partial charge on any atom is 0.262 e. The minimum Gasteiger partial charge on any atom is -0.496 e. The van der Waals surface area contributed by atoms with E-state index in [1.54, 1.807) is 62.9 Å². The number of rotatable bonds is 13. The largest absolute Gasteiger partial charge is 0.496 e. The summed E-state index contributed by atoms with van der Waals surface area (Å²) in [4.78, 5) is 34.3. The molecule has 1 fully saturated rings. The summed E-state index contributed by atoms with van der Waals surface area (Å²) in [7, 11) is 6.31. The van der Waals surface area contributed by atoms with Crippen LogP contribution in [0, 0.1) is 6.92 Å². The molecule has 0 aliphatic heterocycles. The molecule has 226 valence electrons. The van der Waals surface area contributed by atoms with Crippen LogP contribution in [0.1, 0.15) is 57.8 Å². The Labute approximate surface area is 253 Å². The van der Waals surface area contributed by atoms with Gasteiger partial charge in [-0.1, -0.05) is 31.4 Å². The second kappa shape index (κ2) is 15.0. The van der Waals surface area contributed by atoms with Gasteiger partial charge in [0.2, 0.25) is 5.91 Å². The number of benzene rings is 2. The minimum absolute atomic E-state index is 0.0129. The third kappa shape index (κ3) is 7.56. The number of carbonyl (C=O) groups is 2. The molecular formula is C33H42N2O6S. The van der Waals surface area contributed by atoms with Crippen molar-refractivity contribution in [3.05, 3.63) is 69.4 Å². The first-order valence-corrected chi connectivity index (χ1v) is 15.3. The number of hydrogen-bond acceptors (Lipinski definition) is 7. The van der Waals surface area contributed by atoms with Crippen molar-refractivity contribution in [1.29, 1.82) is 0 Å². The van der Waals surface area contributed by atoms with E-state index in [4.69, 9.17) is 18.9 Å². The summed E-state index contributed by atoms with van der Waals surface area (Å²) in [6.07, 6.45) is 5.57. The number of thiophene rings is 1. The zero-order chi connectivity index (χ0) is 30.1. The van der Waals surface area contributed by atoms with E-state index in [1.807, 2.05) is 23.1 Å². The summed E-state index contributed by atoms with van der Waals surface area (Å²) < 4.78 is 22.0. The highest BCUT2D eigenvalue weighted by molar-refractivity contribution is 7.11. The number of ether oxygens (including phenoxy) is 4. The van der Waals surface area contributed by atoms with Crippen molar-refractivity contribution in [2.75, 3.05) is 41.5 Å². The Hall–Kier alpha value is -3.72. The third-order valence-electron chi connectivity index (χ3n) is 7.84. The Bertz CT molecular complexity index is 1330. The summed E-state index contributed by atoms with van der Waals surface area (Å²) in [6, 6.07) is 15.2. The van der Waals surface area contributed by atoms with E-state index in [0.29, 0.717) is 48.1 Å². The van der Waals surface area contributed by atoms with Gasteiger partial charge in [0.1, 0.15) is 23.6 Å². The summed E-state index contributed by atoms with van der Waals surface area (Å²) in [6.45, 7) is 3.03. The van der Waals surface area contributed by atoms with E-state index < -0.39 is 0 Å². The first-order chi connectivity index (χ1) is 20.4. The van der Waals surface area contributed by atoms with Gasteiger partial charge in [-0.3, -0.25) is 9.59 Å². The van der Waals surface area contributed by atoms with E-state index in [2.05, 4.69) is 19.1 Å². The second-order valence-electron chi connectivity index (χ2n) is 10.5. The van der Waals surface area contributed by atoms with Gasteiger partial charge in [0.25, 0.3) is 5.91 Å². The van der Waals surface area contributed by atoms with Crippen molar-refractivity contribution in [2.45, 2.75) is 58.0 Å². The summed E-state index contributed by atoms with van der Waals surface area (Å²) in [5.41, 5.74) is 1.39. The smallest absolute Gasteiger partial charge is 0.262 e. The van der Waals surface area contributed by atoms with Crippen molar-refractivity contribution < 1.29 is 28.5 Å². The average molecular weight is 595 g/mol. The Morgan fingerprint density at radius 3 is 2.10 bits per heavy atom. The first-order valence-electron chi connectivity index (χ1n) is 14.4. The molecule has 42 heavy (non-hydrogen) atoms. The molecule has 0 radical (unpaired) electrons. The highest BCUT2D eigenvalue weighted by atomic mass is 32.1. The molecule has 9 heteroatoms. The number of hydrogen-bond donors (Lipinski definition) is 0. The zero-order valence-corrected chi connectivity index (χ0v) is 26.1. The number of aryl methyl sites for hydroxylation is 1. The van der Waals surface area contributed by atoms with Crippen LogP contribution in [0.15, 0.2) is 48.5 Å². The number of amides is 2. The maximum atomic E-state index is 14.2. The fourth-order valence-electron chi connectivity index (χ4n) is 5.56. The molecule has 2 amide bonds. The van der Waals surface area contributed by atoms with E-state index in [9.17, 15) is 9.59 Å². The van der Waals surface area contributed by atoms with Crippen LogP contribution in [-0.4, -0.2) is 69.2 Å². The van der Waals surface area contributed by atoms with Crippen LogP contribution < -0.4 is 18.9 Å². The van der Waals surface area contributed by atoms with Gasteiger partial charge in [-0.25, -0.2) is 0 Å². The molecule has 1 aliphatic rings. The monoisotopic (exact) mass is 594 g/mol. The van der Waals surface area contributed by atoms with E-state index in [0.717, 1.165) is 42.5 Å². The lowest BCUT2D eigenvalue weighted by Gasteiger charge is -2.36. The lowest BCUT2D eigenvalue weighted by Crippen LogP contribution is -2.48. The summed E-state index contributed by atoms with van der Waals surface area (Å²) in [5.74, 6) is 1.86. The standard InChI is InChI=1S/C33H42N2O6S/c1-23-14-16-26(42-23)21-34(19-18-24-15-17-27(38-2)30(20-24)41-5)31(36)22-35(25-10-7-6-8-11-25)33(37)32-28(39-3)12-9-13-29(32)40-4/h9,12-17,20,25H,6-8,10-11,18-19,21-22H2,1-5H3. The molecule has 0 N–H and O–H groups in total. The van der Waals surface area contributed by atoms with Gasteiger partial charge in [-0.05, 0) is 68.1 Å². The van der Waals surface area contributed by atoms with Gasteiger partial charge >= 0.3 is 0 Å². The van der Waals surface area contributed by atoms with Gasteiger partial charge in [0, 0.05) is 22.3 Å². The van der Waals surface area contributed by atoms with Gasteiger partial charge in [-0.15, -0.1) is 11.3 Å². The van der Waals surface area contributed by atoms with Gasteiger partial charge in [-0.2, -0.15) is 0 Å². The molecule has 1 saturated carbocycles. The number of carbonyl (C=O) groups excluding carboxylic acids is 2. The van der Waals surface area contributed by atoms with Crippen LogP contribution >= 0.6 is 11.3 Å². The minimum atomic E-state index is -0.239. The average Bonchev–Trinajstić information content (AvgIpc) is 3.45. The molecule has 0 bridgehead atoms. The molecule has 0 atom stereocenters.